The van der Waals surface area contributed by atoms with E-state index in [1.54, 1.807) is 0 Å². The lowest BCUT2D eigenvalue weighted by atomic mass is 9.93. The molecule has 2 fully saturated rings. The highest BCUT2D eigenvalue weighted by molar-refractivity contribution is 5.71. The normalized spacial score (nSPS) is 33.5. The summed E-state index contributed by atoms with van der Waals surface area (Å²) in [5.41, 5.74) is 0. The van der Waals surface area contributed by atoms with Gasteiger partial charge in [0.05, 0.1) is 5.92 Å². The maximum absolute atomic E-state index is 11.6. The number of nitrogens with zero attached hydrogens (tertiary/aromatic N) is 2. The molecular weight excluding hydrogens is 240 g/mol. The van der Waals surface area contributed by atoms with Gasteiger partial charge in [-0.05, 0) is 46.3 Å². The molecule has 1 aliphatic heterocycles. The van der Waals surface area contributed by atoms with Crippen LogP contribution in [0.1, 0.15) is 44.9 Å². The highest BCUT2D eigenvalue weighted by Gasteiger charge is 2.38. The van der Waals surface area contributed by atoms with Gasteiger partial charge < -0.3 is 10.0 Å². The van der Waals surface area contributed by atoms with Crippen LogP contribution < -0.4 is 0 Å². The number of likely N-dealkylation sites (N-methyl/N-ethyl adjacent to an activating group) is 1. The first-order valence-corrected chi connectivity index (χ1v) is 7.73. The molecular formula is C15H28N2O2. The number of rotatable bonds is 4. The third-order valence-corrected chi connectivity index (χ3v) is 4.72. The van der Waals surface area contributed by atoms with Crippen molar-refractivity contribution in [3.63, 3.8) is 0 Å². The van der Waals surface area contributed by atoms with E-state index in [4.69, 9.17) is 0 Å². The summed E-state index contributed by atoms with van der Waals surface area (Å²) in [6.45, 7) is 2.15. The van der Waals surface area contributed by atoms with Gasteiger partial charge in [0.1, 0.15) is 0 Å². The minimum absolute atomic E-state index is 0.148. The van der Waals surface area contributed by atoms with Gasteiger partial charge in [0.2, 0.25) is 0 Å². The average Bonchev–Trinajstić information content (AvgIpc) is 2.63. The first kappa shape index (κ1) is 14.8. The van der Waals surface area contributed by atoms with E-state index in [-0.39, 0.29) is 12.0 Å². The predicted molar refractivity (Wildman–Crippen MR) is 76.3 cm³/mol. The molecule has 0 aromatic carbocycles. The summed E-state index contributed by atoms with van der Waals surface area (Å²) >= 11 is 0. The van der Waals surface area contributed by atoms with Gasteiger partial charge in [0.15, 0.2) is 0 Å². The minimum atomic E-state index is -0.581. The van der Waals surface area contributed by atoms with Crippen molar-refractivity contribution in [3.8, 4) is 0 Å². The molecule has 19 heavy (non-hydrogen) atoms. The molecule has 0 aromatic rings. The Kier molecular flexibility index (Phi) is 5.22. The predicted octanol–water partition coefficient (Wildman–Crippen LogP) is 2.05. The fraction of sp³-hybridized carbons (Fsp3) is 0.933. The van der Waals surface area contributed by atoms with Crippen LogP contribution in [0.25, 0.3) is 0 Å². The van der Waals surface area contributed by atoms with E-state index < -0.39 is 5.97 Å². The van der Waals surface area contributed by atoms with Gasteiger partial charge in [-0.3, -0.25) is 9.69 Å². The molecule has 1 aliphatic carbocycles. The number of hydrogen-bond donors (Lipinski definition) is 1. The van der Waals surface area contributed by atoms with E-state index in [1.165, 1.54) is 25.7 Å². The summed E-state index contributed by atoms with van der Waals surface area (Å²) in [5.74, 6) is -0.729. The first-order valence-electron chi connectivity index (χ1n) is 7.73. The van der Waals surface area contributed by atoms with Crippen molar-refractivity contribution in [2.45, 2.75) is 57.0 Å². The van der Waals surface area contributed by atoms with E-state index in [0.717, 1.165) is 32.4 Å². The molecule has 0 aromatic heterocycles. The quantitative estimate of drug-likeness (QED) is 0.793. The van der Waals surface area contributed by atoms with Crippen molar-refractivity contribution in [2.75, 3.05) is 27.2 Å². The lowest BCUT2D eigenvalue weighted by Crippen LogP contribution is -2.48. The number of carboxylic acids is 1. The van der Waals surface area contributed by atoms with Gasteiger partial charge in [-0.2, -0.15) is 0 Å². The van der Waals surface area contributed by atoms with Crippen molar-refractivity contribution >= 4 is 5.97 Å². The molecule has 0 radical (unpaired) electrons. The minimum Gasteiger partial charge on any atom is -0.481 e. The van der Waals surface area contributed by atoms with Gasteiger partial charge >= 0.3 is 5.97 Å². The molecule has 2 rings (SSSR count). The van der Waals surface area contributed by atoms with Gasteiger partial charge in [-0.15, -0.1) is 0 Å². The number of carbonyl (C=O) groups is 1. The van der Waals surface area contributed by atoms with Crippen LogP contribution >= 0.6 is 0 Å². The van der Waals surface area contributed by atoms with Gasteiger partial charge in [0, 0.05) is 18.6 Å². The lowest BCUT2D eigenvalue weighted by molar-refractivity contribution is -0.144. The van der Waals surface area contributed by atoms with E-state index in [2.05, 4.69) is 23.9 Å². The molecule has 0 amide bonds. The summed E-state index contributed by atoms with van der Waals surface area (Å²) in [7, 11) is 4.22. The SMILES string of the molecule is CN(C)CC1CCCN1C1CCCCCC1C(=O)O. The maximum atomic E-state index is 11.6. The third-order valence-electron chi connectivity index (χ3n) is 4.72. The van der Waals surface area contributed by atoms with Crippen molar-refractivity contribution in [3.05, 3.63) is 0 Å². The van der Waals surface area contributed by atoms with Crippen molar-refractivity contribution < 1.29 is 9.90 Å². The molecule has 4 nitrogen and oxygen atoms in total. The molecule has 3 atom stereocenters. The Morgan fingerprint density at radius 2 is 1.89 bits per heavy atom. The second-order valence-electron chi connectivity index (χ2n) is 6.45. The smallest absolute Gasteiger partial charge is 0.308 e. The molecule has 110 valence electrons. The van der Waals surface area contributed by atoms with Crippen molar-refractivity contribution in [1.82, 2.24) is 9.80 Å². The molecule has 3 unspecified atom stereocenters. The Balaban J connectivity index is 2.08. The summed E-state index contributed by atoms with van der Waals surface area (Å²) in [6, 6.07) is 0.826. The van der Waals surface area contributed by atoms with Gasteiger partial charge in [-0.25, -0.2) is 0 Å². The molecule has 1 heterocycles. The molecule has 0 bridgehead atoms. The molecule has 1 saturated heterocycles. The number of aliphatic carboxylic acids is 1. The molecule has 1 N–H and O–H groups in total. The van der Waals surface area contributed by atoms with Crippen molar-refractivity contribution in [2.24, 2.45) is 5.92 Å². The second kappa shape index (κ2) is 6.71. The number of carboxylic acid groups (broad SMARTS) is 1. The molecule has 1 saturated carbocycles. The average molecular weight is 268 g/mol. The zero-order valence-electron chi connectivity index (χ0n) is 12.3. The number of likely N-dealkylation sites (tertiary alicyclic amines) is 1. The van der Waals surface area contributed by atoms with Crippen molar-refractivity contribution in [1.29, 1.82) is 0 Å². The van der Waals surface area contributed by atoms with Crippen LogP contribution in [-0.4, -0.2) is 60.1 Å². The highest BCUT2D eigenvalue weighted by atomic mass is 16.4. The van der Waals surface area contributed by atoms with Crippen LogP contribution in [0.5, 0.6) is 0 Å². The maximum Gasteiger partial charge on any atom is 0.308 e. The Bertz CT molecular complexity index is 307. The lowest BCUT2D eigenvalue weighted by Gasteiger charge is -2.36. The van der Waals surface area contributed by atoms with Gasteiger partial charge in [-0.1, -0.05) is 19.3 Å². The Morgan fingerprint density at radius 1 is 1.16 bits per heavy atom. The van der Waals surface area contributed by atoms with Crippen LogP contribution in [0.4, 0.5) is 0 Å². The van der Waals surface area contributed by atoms with E-state index in [9.17, 15) is 9.90 Å². The molecule has 4 heteroatoms. The summed E-state index contributed by atoms with van der Waals surface area (Å²) < 4.78 is 0. The van der Waals surface area contributed by atoms with Crippen LogP contribution in [0, 0.1) is 5.92 Å². The third kappa shape index (κ3) is 3.69. The monoisotopic (exact) mass is 268 g/mol. The Hall–Kier alpha value is -0.610. The largest absolute Gasteiger partial charge is 0.481 e. The standard InChI is InChI=1S/C15H28N2O2/c1-16(2)11-12-7-6-10-17(12)14-9-5-3-4-8-13(14)15(18)19/h12-14H,3-11H2,1-2H3,(H,18,19). The van der Waals surface area contributed by atoms with Crippen LogP contribution in [0.3, 0.4) is 0 Å². The Morgan fingerprint density at radius 3 is 2.58 bits per heavy atom. The van der Waals surface area contributed by atoms with Crippen LogP contribution in [-0.2, 0) is 4.79 Å². The molecule has 0 spiro atoms. The van der Waals surface area contributed by atoms with Crippen LogP contribution in [0.15, 0.2) is 0 Å². The van der Waals surface area contributed by atoms with E-state index in [0.29, 0.717) is 6.04 Å². The fourth-order valence-electron chi connectivity index (χ4n) is 3.89. The summed E-state index contributed by atoms with van der Waals surface area (Å²) in [5, 5.41) is 9.53. The zero-order valence-corrected chi connectivity index (χ0v) is 12.3. The second-order valence-corrected chi connectivity index (χ2v) is 6.45. The van der Waals surface area contributed by atoms with E-state index in [1.807, 2.05) is 0 Å². The topological polar surface area (TPSA) is 43.8 Å². The molecule has 2 aliphatic rings. The fourth-order valence-corrected chi connectivity index (χ4v) is 3.89. The zero-order chi connectivity index (χ0) is 13.8. The van der Waals surface area contributed by atoms with Gasteiger partial charge in [0.25, 0.3) is 0 Å². The summed E-state index contributed by atoms with van der Waals surface area (Å²) in [4.78, 5) is 16.3. The van der Waals surface area contributed by atoms with E-state index >= 15 is 0 Å². The van der Waals surface area contributed by atoms with Crippen LogP contribution in [0.2, 0.25) is 0 Å². The highest BCUT2D eigenvalue weighted by Crippen LogP contribution is 2.32. The Labute approximate surface area is 116 Å². The summed E-state index contributed by atoms with van der Waals surface area (Å²) in [6.07, 6.45) is 7.86. The number of hydrogen-bond acceptors (Lipinski definition) is 3. The first-order chi connectivity index (χ1) is 9.09.